The molecule has 7 nitrogen and oxygen atoms in total. The number of nitrogens with zero attached hydrogens (tertiary/aromatic N) is 1. The number of carboxylic acids is 1. The van der Waals surface area contributed by atoms with E-state index in [0.717, 1.165) is 49.8 Å². The lowest BCUT2D eigenvalue weighted by atomic mass is 9.66. The van der Waals surface area contributed by atoms with Crippen molar-refractivity contribution in [1.29, 1.82) is 0 Å². The van der Waals surface area contributed by atoms with Gasteiger partial charge in [0.15, 0.2) is 0 Å². The second-order valence-corrected chi connectivity index (χ2v) is 10.8. The second kappa shape index (κ2) is 12.7. The number of rotatable bonds is 13. The van der Waals surface area contributed by atoms with Gasteiger partial charge in [0.25, 0.3) is 11.5 Å². The molecule has 0 aromatic carbocycles. The first-order valence-electron chi connectivity index (χ1n) is 13.4. The molecule has 1 saturated carbocycles. The molecule has 0 atom stereocenters. The number of unbranched alkanes of at least 4 members (excludes halogenated alkanes) is 1. The van der Waals surface area contributed by atoms with Gasteiger partial charge in [-0.3, -0.25) is 14.4 Å². The van der Waals surface area contributed by atoms with Gasteiger partial charge >= 0.3 is 5.97 Å². The quantitative estimate of drug-likeness (QED) is 0.400. The Bertz CT molecular complexity index is 926. The molecule has 198 valence electrons. The molecule has 1 fully saturated rings. The van der Waals surface area contributed by atoms with Crippen molar-refractivity contribution in [2.75, 3.05) is 6.61 Å². The maximum absolute atomic E-state index is 13.6. The second-order valence-electron chi connectivity index (χ2n) is 10.8. The Hall–Kier alpha value is -2.15. The maximum Gasteiger partial charge on any atom is 0.305 e. The zero-order chi connectivity index (χ0) is 26.2. The monoisotopic (exact) mass is 490 g/mol. The lowest BCUT2D eigenvalue weighted by molar-refractivity contribution is -0.139. The molecule has 0 spiro atoms. The first-order chi connectivity index (χ1) is 16.5. The SMILES string of the molecule is CCCCc1c(CC)cc(C(=O)NC2(CC(=O)O)CCC(C)(CC)CC2)c(=O)n1CCOC(C)C. The first-order valence-corrected chi connectivity index (χ1v) is 13.4. The summed E-state index contributed by atoms with van der Waals surface area (Å²) in [4.78, 5) is 38.8. The van der Waals surface area contributed by atoms with Gasteiger partial charge in [0.1, 0.15) is 5.56 Å². The molecule has 1 aromatic rings. The van der Waals surface area contributed by atoms with Gasteiger partial charge in [-0.1, -0.05) is 40.5 Å². The van der Waals surface area contributed by atoms with Gasteiger partial charge in [-0.05, 0) is 75.8 Å². The van der Waals surface area contributed by atoms with E-state index in [-0.39, 0.29) is 29.1 Å². The topological polar surface area (TPSA) is 97.6 Å². The smallest absolute Gasteiger partial charge is 0.305 e. The number of carboxylic acid groups (broad SMARTS) is 1. The van der Waals surface area contributed by atoms with E-state index in [4.69, 9.17) is 4.74 Å². The van der Waals surface area contributed by atoms with Crippen LogP contribution in [0.25, 0.3) is 0 Å². The van der Waals surface area contributed by atoms with Crippen molar-refractivity contribution in [2.45, 2.75) is 124 Å². The molecule has 1 amide bonds. The van der Waals surface area contributed by atoms with Crippen LogP contribution in [0.5, 0.6) is 0 Å². The highest BCUT2D eigenvalue weighted by molar-refractivity contribution is 5.95. The van der Waals surface area contributed by atoms with Crippen LogP contribution < -0.4 is 10.9 Å². The van der Waals surface area contributed by atoms with Gasteiger partial charge in [-0.25, -0.2) is 0 Å². The van der Waals surface area contributed by atoms with E-state index in [1.807, 2.05) is 20.8 Å². The summed E-state index contributed by atoms with van der Waals surface area (Å²) in [6, 6.07) is 1.73. The molecule has 0 saturated heterocycles. The molecule has 7 heteroatoms. The summed E-state index contributed by atoms with van der Waals surface area (Å²) in [7, 11) is 0. The molecule has 1 heterocycles. The van der Waals surface area contributed by atoms with Crippen LogP contribution in [0.4, 0.5) is 0 Å². The van der Waals surface area contributed by atoms with Crippen LogP contribution in [-0.2, 0) is 28.9 Å². The number of aryl methyl sites for hydroxylation is 1. The first kappa shape index (κ1) is 29.1. The number of carbonyl (C=O) groups excluding carboxylic acids is 1. The van der Waals surface area contributed by atoms with E-state index < -0.39 is 17.4 Å². The van der Waals surface area contributed by atoms with Crippen molar-refractivity contribution in [3.8, 4) is 0 Å². The summed E-state index contributed by atoms with van der Waals surface area (Å²) in [6.07, 6.45) is 7.29. The summed E-state index contributed by atoms with van der Waals surface area (Å²) < 4.78 is 7.43. The van der Waals surface area contributed by atoms with Crippen molar-refractivity contribution in [3.63, 3.8) is 0 Å². The van der Waals surface area contributed by atoms with Crippen LogP contribution >= 0.6 is 0 Å². The Morgan fingerprint density at radius 2 is 1.83 bits per heavy atom. The van der Waals surface area contributed by atoms with Crippen molar-refractivity contribution in [3.05, 3.63) is 33.2 Å². The van der Waals surface area contributed by atoms with Crippen LogP contribution in [0.15, 0.2) is 10.9 Å². The number of nitrogens with one attached hydrogen (secondary N) is 1. The fourth-order valence-electron chi connectivity index (χ4n) is 5.11. The van der Waals surface area contributed by atoms with E-state index in [9.17, 15) is 19.5 Å². The summed E-state index contributed by atoms with van der Waals surface area (Å²) in [5, 5.41) is 12.6. The maximum atomic E-state index is 13.6. The Kier molecular flexibility index (Phi) is 10.6. The van der Waals surface area contributed by atoms with Gasteiger partial charge in [-0.2, -0.15) is 0 Å². The Morgan fingerprint density at radius 3 is 2.34 bits per heavy atom. The third-order valence-corrected chi connectivity index (χ3v) is 7.79. The van der Waals surface area contributed by atoms with Gasteiger partial charge < -0.3 is 19.7 Å². The van der Waals surface area contributed by atoms with Crippen molar-refractivity contribution >= 4 is 11.9 Å². The molecule has 1 aliphatic rings. The fourth-order valence-corrected chi connectivity index (χ4v) is 5.11. The third kappa shape index (κ3) is 7.66. The number of ether oxygens (including phenoxy) is 1. The lowest BCUT2D eigenvalue weighted by Gasteiger charge is -2.44. The van der Waals surface area contributed by atoms with Gasteiger partial charge in [0.05, 0.1) is 24.7 Å². The number of aliphatic carboxylic acids is 1. The molecule has 1 aromatic heterocycles. The minimum atomic E-state index is -0.933. The summed E-state index contributed by atoms with van der Waals surface area (Å²) in [5.74, 6) is -1.40. The van der Waals surface area contributed by atoms with Crippen molar-refractivity contribution < 1.29 is 19.4 Å². The third-order valence-electron chi connectivity index (χ3n) is 7.79. The minimum Gasteiger partial charge on any atom is -0.481 e. The van der Waals surface area contributed by atoms with Crippen molar-refractivity contribution in [1.82, 2.24) is 9.88 Å². The number of hydrogen-bond acceptors (Lipinski definition) is 4. The molecule has 1 aliphatic carbocycles. The molecule has 0 bridgehead atoms. The van der Waals surface area contributed by atoms with E-state index in [1.54, 1.807) is 10.6 Å². The Labute approximate surface area is 210 Å². The number of hydrogen-bond donors (Lipinski definition) is 2. The van der Waals surface area contributed by atoms with Crippen LogP contribution in [-0.4, -0.2) is 39.8 Å². The summed E-state index contributed by atoms with van der Waals surface area (Å²) in [5.41, 5.74) is 1.06. The van der Waals surface area contributed by atoms with E-state index in [0.29, 0.717) is 32.4 Å². The number of aromatic nitrogens is 1. The average molecular weight is 491 g/mol. The Balaban J connectivity index is 2.43. The zero-order valence-electron chi connectivity index (χ0n) is 22.7. The summed E-state index contributed by atoms with van der Waals surface area (Å²) in [6.45, 7) is 13.2. The van der Waals surface area contributed by atoms with Crippen molar-refractivity contribution in [2.24, 2.45) is 5.41 Å². The Morgan fingerprint density at radius 1 is 1.17 bits per heavy atom. The number of carbonyl (C=O) groups is 2. The molecular formula is C28H46N2O5. The van der Waals surface area contributed by atoms with Gasteiger partial charge in [0, 0.05) is 12.2 Å². The number of pyridine rings is 1. The van der Waals surface area contributed by atoms with Crippen LogP contribution in [0.3, 0.4) is 0 Å². The normalized spacial score (nSPS) is 22.4. The van der Waals surface area contributed by atoms with E-state index in [1.165, 1.54) is 0 Å². The van der Waals surface area contributed by atoms with Crippen LogP contribution in [0, 0.1) is 5.41 Å². The standard InChI is InChI=1S/C28H46N2O5/c1-7-10-11-23-21(8-2)18-22(26(34)30(23)16-17-35-20(4)5)25(33)29-28(19-24(31)32)14-12-27(6,9-3)13-15-28/h18,20H,7-17,19H2,1-6H3,(H,29,33)(H,31,32). The zero-order valence-corrected chi connectivity index (χ0v) is 22.7. The highest BCUT2D eigenvalue weighted by Crippen LogP contribution is 2.44. The number of amides is 1. The molecular weight excluding hydrogens is 444 g/mol. The largest absolute Gasteiger partial charge is 0.481 e. The van der Waals surface area contributed by atoms with E-state index in [2.05, 4.69) is 26.1 Å². The lowest BCUT2D eigenvalue weighted by Crippen LogP contribution is -2.54. The average Bonchev–Trinajstić information content (AvgIpc) is 2.80. The minimum absolute atomic E-state index is 0.0536. The highest BCUT2D eigenvalue weighted by Gasteiger charge is 2.42. The highest BCUT2D eigenvalue weighted by atomic mass is 16.5. The summed E-state index contributed by atoms with van der Waals surface area (Å²) >= 11 is 0. The molecule has 2 rings (SSSR count). The predicted octanol–water partition coefficient (Wildman–Crippen LogP) is 5.11. The molecule has 35 heavy (non-hydrogen) atoms. The molecule has 0 aliphatic heterocycles. The van der Waals surface area contributed by atoms with Gasteiger partial charge in [-0.15, -0.1) is 0 Å². The molecule has 0 unspecified atom stereocenters. The fraction of sp³-hybridized carbons (Fsp3) is 0.750. The van der Waals surface area contributed by atoms with E-state index >= 15 is 0 Å². The van der Waals surface area contributed by atoms with Crippen LogP contribution in [0.1, 0.15) is 115 Å². The predicted molar refractivity (Wildman–Crippen MR) is 139 cm³/mol. The molecule has 0 radical (unpaired) electrons. The van der Waals surface area contributed by atoms with Gasteiger partial charge in [0.2, 0.25) is 0 Å². The molecule has 2 N–H and O–H groups in total. The van der Waals surface area contributed by atoms with Crippen LogP contribution in [0.2, 0.25) is 0 Å².